The SMILES string of the molecule is CCOC(=O)C(C)(C#N)C1CC1c1ccccc1. The summed E-state index contributed by atoms with van der Waals surface area (Å²) in [5.41, 5.74) is 0.185. The Balaban J connectivity index is 2.14. The molecule has 0 bridgehead atoms. The van der Waals surface area contributed by atoms with Gasteiger partial charge in [-0.05, 0) is 37.7 Å². The van der Waals surface area contributed by atoms with Crippen molar-refractivity contribution in [3.05, 3.63) is 35.9 Å². The zero-order chi connectivity index (χ0) is 13.2. The van der Waals surface area contributed by atoms with Gasteiger partial charge in [-0.2, -0.15) is 5.26 Å². The van der Waals surface area contributed by atoms with Crippen LogP contribution in [0.25, 0.3) is 0 Å². The average molecular weight is 243 g/mol. The highest BCUT2D eigenvalue weighted by Crippen LogP contribution is 2.57. The topological polar surface area (TPSA) is 50.1 Å². The van der Waals surface area contributed by atoms with Crippen molar-refractivity contribution in [1.82, 2.24) is 0 Å². The summed E-state index contributed by atoms with van der Waals surface area (Å²) in [5.74, 6) is -0.0138. The fourth-order valence-electron chi connectivity index (χ4n) is 2.46. The van der Waals surface area contributed by atoms with Crippen molar-refractivity contribution < 1.29 is 9.53 Å². The van der Waals surface area contributed by atoms with Gasteiger partial charge in [-0.25, -0.2) is 0 Å². The number of nitriles is 1. The molecule has 94 valence electrons. The Labute approximate surface area is 107 Å². The summed E-state index contributed by atoms with van der Waals surface area (Å²) in [4.78, 5) is 11.9. The number of ether oxygens (including phenoxy) is 1. The normalized spacial score (nSPS) is 24.7. The molecule has 0 amide bonds. The van der Waals surface area contributed by atoms with Crippen LogP contribution in [0.15, 0.2) is 30.3 Å². The quantitative estimate of drug-likeness (QED) is 0.764. The highest BCUT2D eigenvalue weighted by Gasteiger charge is 2.56. The molecule has 3 unspecified atom stereocenters. The van der Waals surface area contributed by atoms with E-state index >= 15 is 0 Å². The Bertz CT molecular complexity index is 477. The minimum atomic E-state index is -1.02. The number of carbonyl (C=O) groups excluding carboxylic acids is 1. The third-order valence-electron chi connectivity index (χ3n) is 3.69. The van der Waals surface area contributed by atoms with Crippen LogP contribution in [-0.2, 0) is 9.53 Å². The molecule has 0 aromatic heterocycles. The van der Waals surface area contributed by atoms with E-state index in [0.29, 0.717) is 12.5 Å². The van der Waals surface area contributed by atoms with Gasteiger partial charge in [-0.1, -0.05) is 30.3 Å². The lowest BCUT2D eigenvalue weighted by atomic mass is 9.84. The van der Waals surface area contributed by atoms with Gasteiger partial charge in [-0.15, -0.1) is 0 Å². The van der Waals surface area contributed by atoms with E-state index in [9.17, 15) is 10.1 Å². The van der Waals surface area contributed by atoms with Crippen molar-refractivity contribution in [2.24, 2.45) is 11.3 Å². The number of esters is 1. The maximum atomic E-state index is 11.9. The van der Waals surface area contributed by atoms with E-state index in [0.717, 1.165) is 6.42 Å². The summed E-state index contributed by atoms with van der Waals surface area (Å²) in [5, 5.41) is 9.31. The van der Waals surface area contributed by atoms with Crippen LogP contribution in [0, 0.1) is 22.7 Å². The van der Waals surface area contributed by atoms with Gasteiger partial charge in [0, 0.05) is 0 Å². The molecule has 18 heavy (non-hydrogen) atoms. The van der Waals surface area contributed by atoms with Crippen LogP contribution in [0.5, 0.6) is 0 Å². The second kappa shape index (κ2) is 4.81. The van der Waals surface area contributed by atoms with Crippen LogP contribution < -0.4 is 0 Å². The summed E-state index contributed by atoms with van der Waals surface area (Å²) in [6, 6.07) is 12.2. The van der Waals surface area contributed by atoms with E-state index in [1.807, 2.05) is 30.3 Å². The molecule has 1 aromatic carbocycles. The Kier molecular flexibility index (Phi) is 3.38. The van der Waals surface area contributed by atoms with E-state index in [1.54, 1.807) is 13.8 Å². The predicted octanol–water partition coefficient (Wildman–Crippen LogP) is 2.88. The minimum Gasteiger partial charge on any atom is -0.465 e. The maximum absolute atomic E-state index is 11.9. The smallest absolute Gasteiger partial charge is 0.326 e. The van der Waals surface area contributed by atoms with Crippen molar-refractivity contribution in [2.45, 2.75) is 26.2 Å². The molecule has 0 spiro atoms. The molecular formula is C15H17NO2. The van der Waals surface area contributed by atoms with Crippen LogP contribution in [-0.4, -0.2) is 12.6 Å². The molecule has 0 aliphatic heterocycles. The van der Waals surface area contributed by atoms with Crippen LogP contribution >= 0.6 is 0 Å². The third-order valence-corrected chi connectivity index (χ3v) is 3.69. The van der Waals surface area contributed by atoms with E-state index in [1.165, 1.54) is 5.56 Å². The maximum Gasteiger partial charge on any atom is 0.326 e. The van der Waals surface area contributed by atoms with Crippen LogP contribution in [0.1, 0.15) is 31.7 Å². The molecule has 0 heterocycles. The van der Waals surface area contributed by atoms with Crippen molar-refractivity contribution in [3.63, 3.8) is 0 Å². The average Bonchev–Trinajstić information content (AvgIpc) is 3.20. The van der Waals surface area contributed by atoms with E-state index in [2.05, 4.69) is 6.07 Å². The van der Waals surface area contributed by atoms with Gasteiger partial charge in [0.05, 0.1) is 12.7 Å². The highest BCUT2D eigenvalue weighted by molar-refractivity contribution is 5.80. The van der Waals surface area contributed by atoms with Crippen LogP contribution in [0.2, 0.25) is 0 Å². The second-order valence-electron chi connectivity index (χ2n) is 4.89. The van der Waals surface area contributed by atoms with Gasteiger partial charge in [0.25, 0.3) is 0 Å². The zero-order valence-electron chi connectivity index (χ0n) is 10.7. The number of benzene rings is 1. The lowest BCUT2D eigenvalue weighted by Crippen LogP contribution is -2.31. The number of nitrogens with zero attached hydrogens (tertiary/aromatic N) is 1. The van der Waals surface area contributed by atoms with E-state index in [-0.39, 0.29) is 5.92 Å². The summed E-state index contributed by atoms with van der Waals surface area (Å²) in [6.45, 7) is 3.77. The standard InChI is InChI=1S/C15H17NO2/c1-3-18-14(17)15(2,10-16)13-9-12(13)11-7-5-4-6-8-11/h4-8,12-13H,3,9H2,1-2H3. The molecule has 3 nitrogen and oxygen atoms in total. The Morgan fingerprint density at radius 1 is 1.50 bits per heavy atom. The van der Waals surface area contributed by atoms with E-state index in [4.69, 9.17) is 4.74 Å². The zero-order valence-corrected chi connectivity index (χ0v) is 10.7. The molecular weight excluding hydrogens is 226 g/mol. The summed E-state index contributed by atoms with van der Waals surface area (Å²) in [6.07, 6.45) is 0.882. The molecule has 2 rings (SSSR count). The van der Waals surface area contributed by atoms with Crippen molar-refractivity contribution in [1.29, 1.82) is 5.26 Å². The summed E-state index contributed by atoms with van der Waals surface area (Å²) < 4.78 is 5.02. The van der Waals surface area contributed by atoms with Gasteiger partial charge >= 0.3 is 5.97 Å². The first-order valence-corrected chi connectivity index (χ1v) is 6.27. The predicted molar refractivity (Wildman–Crippen MR) is 67.6 cm³/mol. The highest BCUT2D eigenvalue weighted by atomic mass is 16.5. The molecule has 0 saturated heterocycles. The summed E-state index contributed by atoms with van der Waals surface area (Å²) in [7, 11) is 0. The molecule has 3 atom stereocenters. The molecule has 0 N–H and O–H groups in total. The molecule has 1 aliphatic carbocycles. The fourth-order valence-corrected chi connectivity index (χ4v) is 2.46. The van der Waals surface area contributed by atoms with Gasteiger partial charge in [0.15, 0.2) is 5.41 Å². The number of carbonyl (C=O) groups is 1. The summed E-state index contributed by atoms with van der Waals surface area (Å²) >= 11 is 0. The van der Waals surface area contributed by atoms with E-state index < -0.39 is 11.4 Å². The minimum absolute atomic E-state index is 0.0731. The number of hydrogen-bond donors (Lipinski definition) is 0. The Morgan fingerprint density at radius 2 is 2.17 bits per heavy atom. The first kappa shape index (κ1) is 12.6. The Morgan fingerprint density at radius 3 is 2.72 bits per heavy atom. The first-order chi connectivity index (χ1) is 8.63. The van der Waals surface area contributed by atoms with Gasteiger partial charge in [0.2, 0.25) is 0 Å². The largest absolute Gasteiger partial charge is 0.465 e. The molecule has 3 heteroatoms. The van der Waals surface area contributed by atoms with Crippen molar-refractivity contribution >= 4 is 5.97 Å². The molecule has 0 radical (unpaired) electrons. The second-order valence-corrected chi connectivity index (χ2v) is 4.89. The number of hydrogen-bond acceptors (Lipinski definition) is 3. The molecule has 1 saturated carbocycles. The van der Waals surface area contributed by atoms with Crippen LogP contribution in [0.3, 0.4) is 0 Å². The van der Waals surface area contributed by atoms with Gasteiger partial charge in [0.1, 0.15) is 0 Å². The monoisotopic (exact) mass is 243 g/mol. The van der Waals surface area contributed by atoms with Gasteiger partial charge in [-0.3, -0.25) is 4.79 Å². The lowest BCUT2D eigenvalue weighted by Gasteiger charge is -2.19. The van der Waals surface area contributed by atoms with Crippen molar-refractivity contribution in [2.75, 3.05) is 6.61 Å². The Hall–Kier alpha value is -1.82. The van der Waals surface area contributed by atoms with Crippen molar-refractivity contribution in [3.8, 4) is 6.07 Å². The molecule has 1 aliphatic rings. The fraction of sp³-hybridized carbons (Fsp3) is 0.467. The van der Waals surface area contributed by atoms with Gasteiger partial charge < -0.3 is 4.74 Å². The molecule has 1 aromatic rings. The van der Waals surface area contributed by atoms with Crippen LogP contribution in [0.4, 0.5) is 0 Å². The molecule has 1 fully saturated rings. The lowest BCUT2D eigenvalue weighted by molar-refractivity contribution is -0.152. The first-order valence-electron chi connectivity index (χ1n) is 6.27. The third kappa shape index (κ3) is 2.11. The number of rotatable bonds is 4.